The zero-order valence-electron chi connectivity index (χ0n) is 12.7. The number of carbonyl (C=O) groups is 3. The van der Waals surface area contributed by atoms with Gasteiger partial charge in [-0.05, 0) is 42.0 Å². The molecular formula is C16H17FN2O3S. The normalized spacial score (nSPS) is 16.3. The molecule has 3 amide bonds. The van der Waals surface area contributed by atoms with E-state index < -0.39 is 11.1 Å². The van der Waals surface area contributed by atoms with Crippen molar-refractivity contribution in [3.63, 3.8) is 0 Å². The van der Waals surface area contributed by atoms with E-state index in [9.17, 15) is 18.8 Å². The van der Waals surface area contributed by atoms with Crippen LogP contribution in [-0.4, -0.2) is 35.0 Å². The summed E-state index contributed by atoms with van der Waals surface area (Å²) < 4.78 is 12.9. The van der Waals surface area contributed by atoms with Crippen LogP contribution in [0.5, 0.6) is 0 Å². The van der Waals surface area contributed by atoms with Crippen molar-refractivity contribution >= 4 is 34.9 Å². The number of hydrogen-bond donors (Lipinski definition) is 1. The lowest BCUT2D eigenvalue weighted by Gasteiger charge is -2.12. The van der Waals surface area contributed by atoms with Gasteiger partial charge in [-0.25, -0.2) is 4.39 Å². The van der Waals surface area contributed by atoms with E-state index in [1.54, 1.807) is 0 Å². The van der Waals surface area contributed by atoms with Gasteiger partial charge in [0, 0.05) is 6.54 Å². The average molecular weight is 336 g/mol. The molecule has 0 aliphatic carbocycles. The fourth-order valence-electron chi connectivity index (χ4n) is 1.95. The Balaban J connectivity index is 2.02. The topological polar surface area (TPSA) is 66.5 Å². The Kier molecular flexibility index (Phi) is 5.92. The highest BCUT2D eigenvalue weighted by Crippen LogP contribution is 2.31. The molecule has 1 aliphatic rings. The highest BCUT2D eigenvalue weighted by atomic mass is 32.2. The molecule has 1 heterocycles. The highest BCUT2D eigenvalue weighted by molar-refractivity contribution is 8.18. The first-order valence-electron chi connectivity index (χ1n) is 7.29. The van der Waals surface area contributed by atoms with Gasteiger partial charge in [0.15, 0.2) is 0 Å². The molecule has 1 N–H and O–H groups in total. The van der Waals surface area contributed by atoms with Crippen LogP contribution >= 0.6 is 11.8 Å². The first-order chi connectivity index (χ1) is 11.0. The van der Waals surface area contributed by atoms with Crippen molar-refractivity contribution < 1.29 is 18.8 Å². The van der Waals surface area contributed by atoms with Crippen molar-refractivity contribution in [3.8, 4) is 0 Å². The van der Waals surface area contributed by atoms with Crippen molar-refractivity contribution in [1.82, 2.24) is 10.2 Å². The molecule has 1 aromatic carbocycles. The molecular weight excluding hydrogens is 319 g/mol. The number of hydrogen-bond acceptors (Lipinski definition) is 4. The van der Waals surface area contributed by atoms with Crippen LogP contribution in [0.4, 0.5) is 9.18 Å². The van der Waals surface area contributed by atoms with Crippen LogP contribution in [0, 0.1) is 5.82 Å². The monoisotopic (exact) mass is 336 g/mol. The number of unbranched alkanes of at least 4 members (excludes halogenated alkanes) is 1. The van der Waals surface area contributed by atoms with Crippen molar-refractivity contribution in [3.05, 3.63) is 40.6 Å². The maximum absolute atomic E-state index is 12.9. The second-order valence-corrected chi connectivity index (χ2v) is 6.02. The van der Waals surface area contributed by atoms with Gasteiger partial charge in [-0.15, -0.1) is 0 Å². The Hall–Kier alpha value is -2.15. The smallest absolute Gasteiger partial charge is 0.294 e. The van der Waals surface area contributed by atoms with E-state index in [1.807, 2.05) is 6.92 Å². The number of rotatable bonds is 6. The van der Waals surface area contributed by atoms with Crippen LogP contribution in [-0.2, 0) is 9.59 Å². The Labute approximate surface area is 137 Å². The lowest BCUT2D eigenvalue weighted by atomic mass is 10.2. The fourth-order valence-corrected chi connectivity index (χ4v) is 2.79. The number of benzene rings is 1. The molecule has 0 spiro atoms. The summed E-state index contributed by atoms with van der Waals surface area (Å²) in [6.45, 7) is 2.24. The number of nitrogens with zero attached hydrogens (tertiary/aromatic N) is 1. The third-order valence-electron chi connectivity index (χ3n) is 3.20. The quantitative estimate of drug-likeness (QED) is 0.641. The Morgan fingerprint density at radius 3 is 2.65 bits per heavy atom. The number of nitrogens with one attached hydrogen (secondary N) is 1. The van der Waals surface area contributed by atoms with E-state index in [0.717, 1.165) is 29.5 Å². The summed E-state index contributed by atoms with van der Waals surface area (Å²) in [7, 11) is 0. The lowest BCUT2D eigenvalue weighted by Crippen LogP contribution is -2.39. The number of amides is 3. The van der Waals surface area contributed by atoms with Crippen LogP contribution < -0.4 is 5.32 Å². The third-order valence-corrected chi connectivity index (χ3v) is 4.10. The minimum absolute atomic E-state index is 0.225. The van der Waals surface area contributed by atoms with Crippen molar-refractivity contribution in [2.75, 3.05) is 13.1 Å². The van der Waals surface area contributed by atoms with Gasteiger partial charge in [0.25, 0.3) is 11.1 Å². The second-order valence-electron chi connectivity index (χ2n) is 5.02. The minimum atomic E-state index is -0.505. The molecule has 0 radical (unpaired) electrons. The molecule has 0 bridgehead atoms. The molecule has 0 aromatic heterocycles. The predicted octanol–water partition coefficient (Wildman–Crippen LogP) is 2.78. The van der Waals surface area contributed by atoms with E-state index in [4.69, 9.17) is 0 Å². The lowest BCUT2D eigenvalue weighted by molar-refractivity contribution is -0.129. The molecule has 0 saturated carbocycles. The number of imide groups is 1. The number of thioether (sulfide) groups is 1. The van der Waals surface area contributed by atoms with Gasteiger partial charge in [0.2, 0.25) is 5.91 Å². The molecule has 1 aliphatic heterocycles. The molecule has 0 unspecified atom stereocenters. The van der Waals surface area contributed by atoms with Crippen LogP contribution in [0.25, 0.3) is 6.08 Å². The zero-order valence-corrected chi connectivity index (χ0v) is 13.5. The van der Waals surface area contributed by atoms with E-state index in [2.05, 4.69) is 5.32 Å². The zero-order chi connectivity index (χ0) is 16.8. The summed E-state index contributed by atoms with van der Waals surface area (Å²) in [5, 5.41) is 2.19. The van der Waals surface area contributed by atoms with Gasteiger partial charge >= 0.3 is 0 Å². The summed E-state index contributed by atoms with van der Waals surface area (Å²) in [6, 6.07) is 5.58. The Bertz CT molecular complexity index is 643. The Morgan fingerprint density at radius 2 is 2.00 bits per heavy atom. The largest absolute Gasteiger partial charge is 0.355 e. The summed E-state index contributed by atoms with van der Waals surface area (Å²) in [5.41, 5.74) is 0.615. The second kappa shape index (κ2) is 7.92. The van der Waals surface area contributed by atoms with Crippen LogP contribution in [0.3, 0.4) is 0 Å². The standard InChI is InChI=1S/C16H17FN2O3S/c1-2-3-8-18-14(20)10-19-15(21)13(23-16(19)22)9-11-4-6-12(17)7-5-11/h4-7,9H,2-3,8,10H2,1H3,(H,18,20)/b13-9-. The van der Waals surface area contributed by atoms with Gasteiger partial charge in [-0.3, -0.25) is 19.3 Å². The molecule has 1 saturated heterocycles. The van der Waals surface area contributed by atoms with Crippen LogP contribution in [0.15, 0.2) is 29.2 Å². The van der Waals surface area contributed by atoms with Crippen LogP contribution in [0.2, 0.25) is 0 Å². The molecule has 1 aromatic rings. The maximum Gasteiger partial charge on any atom is 0.294 e. The SMILES string of the molecule is CCCCNC(=O)CN1C(=O)S/C(=C\c2ccc(F)cc2)C1=O. The summed E-state index contributed by atoms with van der Waals surface area (Å²) in [6.07, 6.45) is 3.31. The molecule has 0 atom stereocenters. The van der Waals surface area contributed by atoms with E-state index in [-0.39, 0.29) is 23.2 Å². The first kappa shape index (κ1) is 17.2. The number of carbonyl (C=O) groups excluding carboxylic acids is 3. The predicted molar refractivity (Wildman–Crippen MR) is 87.0 cm³/mol. The highest BCUT2D eigenvalue weighted by Gasteiger charge is 2.36. The molecule has 5 nitrogen and oxygen atoms in total. The first-order valence-corrected chi connectivity index (χ1v) is 8.10. The minimum Gasteiger partial charge on any atom is -0.355 e. The van der Waals surface area contributed by atoms with Gasteiger partial charge < -0.3 is 5.32 Å². The van der Waals surface area contributed by atoms with Crippen LogP contribution in [0.1, 0.15) is 25.3 Å². The molecule has 23 heavy (non-hydrogen) atoms. The summed E-state index contributed by atoms with van der Waals surface area (Å²) >= 11 is 0.776. The average Bonchev–Trinajstić information content (AvgIpc) is 2.77. The number of halogens is 1. The molecule has 2 rings (SSSR count). The summed E-state index contributed by atoms with van der Waals surface area (Å²) in [4.78, 5) is 37.0. The van der Waals surface area contributed by atoms with Gasteiger partial charge in [0.1, 0.15) is 12.4 Å². The van der Waals surface area contributed by atoms with Gasteiger partial charge in [0.05, 0.1) is 4.91 Å². The van der Waals surface area contributed by atoms with Crippen molar-refractivity contribution in [2.24, 2.45) is 0 Å². The fraction of sp³-hybridized carbons (Fsp3) is 0.312. The van der Waals surface area contributed by atoms with E-state index in [0.29, 0.717) is 12.1 Å². The van der Waals surface area contributed by atoms with Gasteiger partial charge in [-0.1, -0.05) is 25.5 Å². The molecule has 7 heteroatoms. The van der Waals surface area contributed by atoms with E-state index in [1.165, 1.54) is 30.3 Å². The van der Waals surface area contributed by atoms with Crippen molar-refractivity contribution in [2.45, 2.75) is 19.8 Å². The molecule has 1 fully saturated rings. The van der Waals surface area contributed by atoms with Crippen molar-refractivity contribution in [1.29, 1.82) is 0 Å². The molecule has 122 valence electrons. The van der Waals surface area contributed by atoms with E-state index >= 15 is 0 Å². The third kappa shape index (κ3) is 4.66. The Morgan fingerprint density at radius 1 is 1.30 bits per heavy atom. The van der Waals surface area contributed by atoms with Gasteiger partial charge in [-0.2, -0.15) is 0 Å². The maximum atomic E-state index is 12.9. The summed E-state index contributed by atoms with van der Waals surface area (Å²) in [5.74, 6) is -1.24.